The number of anilines is 2. The van der Waals surface area contributed by atoms with Crippen molar-refractivity contribution in [1.29, 1.82) is 0 Å². The molecular weight excluding hydrogens is 442 g/mol. The van der Waals surface area contributed by atoms with Crippen molar-refractivity contribution in [2.45, 2.75) is 64.0 Å². The van der Waals surface area contributed by atoms with Crippen LogP contribution in [0.25, 0.3) is 10.9 Å². The normalized spacial score (nSPS) is 19.9. The summed E-state index contributed by atoms with van der Waals surface area (Å²) in [6.07, 6.45) is 8.52. The first-order chi connectivity index (χ1) is 17.0. The van der Waals surface area contributed by atoms with E-state index in [-0.39, 0.29) is 6.10 Å². The summed E-state index contributed by atoms with van der Waals surface area (Å²) in [5.74, 6) is 1.34. The van der Waals surface area contributed by atoms with Gasteiger partial charge < -0.3 is 20.5 Å². The molecule has 1 aliphatic heterocycles. The number of ether oxygens (including phenoxy) is 1. The van der Waals surface area contributed by atoms with Crippen LogP contribution in [0.5, 0.6) is 0 Å². The van der Waals surface area contributed by atoms with Crippen LogP contribution in [0, 0.1) is 12.8 Å². The van der Waals surface area contributed by atoms with Crippen molar-refractivity contribution in [3.05, 3.63) is 53.5 Å². The predicted molar refractivity (Wildman–Crippen MR) is 136 cm³/mol. The number of carboxylic acids is 1. The van der Waals surface area contributed by atoms with E-state index in [1.165, 1.54) is 18.3 Å². The minimum absolute atomic E-state index is 0.218. The van der Waals surface area contributed by atoms with E-state index in [1.807, 2.05) is 25.1 Å². The molecule has 1 fully saturated rings. The number of hydrogen-bond donors (Lipinski definition) is 3. The molecule has 1 aromatic carbocycles. The van der Waals surface area contributed by atoms with Gasteiger partial charge in [0.1, 0.15) is 24.0 Å². The van der Waals surface area contributed by atoms with Crippen LogP contribution in [-0.2, 0) is 22.4 Å². The SMILES string of the molecule is Cc1ccc2c(NC(CCO[C@H]3C[C@H](CCc4ccc5c(n4)NCCC5)C3)C(=O)O)ncnc2c1. The average Bonchev–Trinajstić information content (AvgIpc) is 2.83. The Morgan fingerprint density at radius 3 is 3.00 bits per heavy atom. The zero-order valence-corrected chi connectivity index (χ0v) is 20.2. The molecule has 0 bridgehead atoms. The standard InChI is InChI=1S/C27H33N5O3/c1-17-4-9-22-24(13-17)29-16-30-26(22)32-23(27(33)34)10-12-35-21-14-18(15-21)5-7-20-8-6-19-3-2-11-28-25(19)31-20/h4,6,8-9,13,16,18,21,23H,2-3,5,7,10-12,14-15H2,1H3,(H,28,31)(H,33,34)(H,29,30,32)/t18-,21-,23?. The highest BCUT2D eigenvalue weighted by atomic mass is 16.5. The van der Waals surface area contributed by atoms with Crippen LogP contribution in [0.1, 0.15) is 48.9 Å². The van der Waals surface area contributed by atoms with Crippen molar-refractivity contribution < 1.29 is 14.6 Å². The Morgan fingerprint density at radius 1 is 1.26 bits per heavy atom. The lowest BCUT2D eigenvalue weighted by Gasteiger charge is -2.35. The zero-order valence-electron chi connectivity index (χ0n) is 20.2. The van der Waals surface area contributed by atoms with E-state index in [2.05, 4.69) is 32.7 Å². The summed E-state index contributed by atoms with van der Waals surface area (Å²) >= 11 is 0. The minimum Gasteiger partial charge on any atom is -0.480 e. The van der Waals surface area contributed by atoms with E-state index < -0.39 is 12.0 Å². The number of aromatic nitrogens is 3. The highest BCUT2D eigenvalue weighted by Gasteiger charge is 2.30. The van der Waals surface area contributed by atoms with Gasteiger partial charge in [-0.25, -0.2) is 19.7 Å². The molecule has 2 aromatic heterocycles. The summed E-state index contributed by atoms with van der Waals surface area (Å²) in [6.45, 7) is 3.42. The molecule has 1 aliphatic carbocycles. The van der Waals surface area contributed by atoms with E-state index in [0.717, 1.165) is 66.6 Å². The fraction of sp³-hybridized carbons (Fsp3) is 0.481. The lowest BCUT2D eigenvalue weighted by atomic mass is 9.79. The van der Waals surface area contributed by atoms with E-state index in [4.69, 9.17) is 9.72 Å². The third-order valence-corrected chi connectivity index (χ3v) is 7.11. The summed E-state index contributed by atoms with van der Waals surface area (Å²) in [4.78, 5) is 25.2. The van der Waals surface area contributed by atoms with Crippen LogP contribution in [0.3, 0.4) is 0 Å². The number of fused-ring (bicyclic) bond motifs is 2. The molecule has 0 amide bonds. The van der Waals surface area contributed by atoms with Gasteiger partial charge in [0.15, 0.2) is 0 Å². The maximum atomic E-state index is 11.8. The molecule has 0 spiro atoms. The van der Waals surface area contributed by atoms with Crippen molar-refractivity contribution in [3.8, 4) is 0 Å². The molecule has 1 saturated carbocycles. The maximum Gasteiger partial charge on any atom is 0.326 e. The van der Waals surface area contributed by atoms with E-state index >= 15 is 0 Å². The molecule has 184 valence electrons. The van der Waals surface area contributed by atoms with Gasteiger partial charge in [-0.15, -0.1) is 0 Å². The fourth-order valence-corrected chi connectivity index (χ4v) is 4.96. The lowest BCUT2D eigenvalue weighted by molar-refractivity contribution is -0.138. The molecule has 35 heavy (non-hydrogen) atoms. The molecule has 2 aliphatic rings. The van der Waals surface area contributed by atoms with Crippen LogP contribution in [0.15, 0.2) is 36.7 Å². The summed E-state index contributed by atoms with van der Waals surface area (Å²) in [5.41, 5.74) is 4.38. The molecule has 1 unspecified atom stereocenters. The number of nitrogens with zero attached hydrogens (tertiary/aromatic N) is 3. The molecule has 3 aromatic rings. The van der Waals surface area contributed by atoms with Gasteiger partial charge in [0.2, 0.25) is 0 Å². The second-order valence-corrected chi connectivity index (χ2v) is 9.78. The Morgan fingerprint density at radius 2 is 2.14 bits per heavy atom. The molecule has 1 atom stereocenters. The first kappa shape index (κ1) is 23.5. The number of aryl methyl sites for hydroxylation is 3. The van der Waals surface area contributed by atoms with Gasteiger partial charge in [0.25, 0.3) is 0 Å². The molecule has 3 heterocycles. The minimum atomic E-state index is -0.911. The Kier molecular flexibility index (Phi) is 7.08. The fourth-order valence-electron chi connectivity index (χ4n) is 4.96. The van der Waals surface area contributed by atoms with E-state index in [0.29, 0.717) is 24.8 Å². The quantitative estimate of drug-likeness (QED) is 0.396. The van der Waals surface area contributed by atoms with Crippen molar-refractivity contribution >= 4 is 28.5 Å². The van der Waals surface area contributed by atoms with Crippen LogP contribution in [0.2, 0.25) is 0 Å². The third-order valence-electron chi connectivity index (χ3n) is 7.11. The number of hydrogen-bond acceptors (Lipinski definition) is 7. The zero-order chi connectivity index (χ0) is 24.2. The summed E-state index contributed by atoms with van der Waals surface area (Å²) in [5, 5.41) is 17.0. The van der Waals surface area contributed by atoms with Gasteiger partial charge in [-0.05, 0) is 80.7 Å². The van der Waals surface area contributed by atoms with Crippen LogP contribution in [-0.4, -0.2) is 51.3 Å². The van der Waals surface area contributed by atoms with Gasteiger partial charge in [0, 0.05) is 30.7 Å². The highest BCUT2D eigenvalue weighted by Crippen LogP contribution is 2.34. The van der Waals surface area contributed by atoms with Gasteiger partial charge in [0.05, 0.1) is 11.6 Å². The Hall–Kier alpha value is -3.26. The number of carboxylic acid groups (broad SMARTS) is 1. The molecule has 8 heteroatoms. The van der Waals surface area contributed by atoms with Gasteiger partial charge in [-0.1, -0.05) is 12.1 Å². The number of nitrogens with one attached hydrogen (secondary N) is 2. The molecule has 3 N–H and O–H groups in total. The second-order valence-electron chi connectivity index (χ2n) is 9.78. The molecule has 0 saturated heterocycles. The molecule has 0 radical (unpaired) electrons. The Balaban J connectivity index is 1.05. The van der Waals surface area contributed by atoms with Crippen LogP contribution >= 0.6 is 0 Å². The molecule has 5 rings (SSSR count). The number of benzene rings is 1. The van der Waals surface area contributed by atoms with Gasteiger partial charge in [-0.2, -0.15) is 0 Å². The lowest BCUT2D eigenvalue weighted by Crippen LogP contribution is -2.35. The number of pyridine rings is 1. The summed E-state index contributed by atoms with van der Waals surface area (Å²) < 4.78 is 5.99. The summed E-state index contributed by atoms with van der Waals surface area (Å²) in [6, 6.07) is 9.48. The first-order valence-corrected chi connectivity index (χ1v) is 12.6. The van der Waals surface area contributed by atoms with Gasteiger partial charge >= 0.3 is 5.97 Å². The van der Waals surface area contributed by atoms with Crippen molar-refractivity contribution in [1.82, 2.24) is 15.0 Å². The molecule has 8 nitrogen and oxygen atoms in total. The number of aliphatic carboxylic acids is 1. The van der Waals surface area contributed by atoms with Crippen LogP contribution in [0.4, 0.5) is 11.6 Å². The second kappa shape index (κ2) is 10.6. The average molecular weight is 476 g/mol. The van der Waals surface area contributed by atoms with Crippen LogP contribution < -0.4 is 10.6 Å². The topological polar surface area (TPSA) is 109 Å². The van der Waals surface area contributed by atoms with Crippen molar-refractivity contribution in [2.75, 3.05) is 23.8 Å². The smallest absolute Gasteiger partial charge is 0.326 e. The Bertz CT molecular complexity index is 1190. The van der Waals surface area contributed by atoms with Crippen molar-refractivity contribution in [3.63, 3.8) is 0 Å². The predicted octanol–water partition coefficient (Wildman–Crippen LogP) is 4.37. The third kappa shape index (κ3) is 5.70. The first-order valence-electron chi connectivity index (χ1n) is 12.6. The van der Waals surface area contributed by atoms with Crippen molar-refractivity contribution in [2.24, 2.45) is 5.92 Å². The number of rotatable bonds is 10. The maximum absolute atomic E-state index is 11.8. The summed E-state index contributed by atoms with van der Waals surface area (Å²) in [7, 11) is 0. The van der Waals surface area contributed by atoms with Gasteiger partial charge in [-0.3, -0.25) is 0 Å². The Labute approximate surface area is 205 Å². The largest absolute Gasteiger partial charge is 0.480 e. The monoisotopic (exact) mass is 475 g/mol. The molecular formula is C27H33N5O3. The highest BCUT2D eigenvalue weighted by molar-refractivity contribution is 5.91. The number of carbonyl (C=O) groups is 1. The van der Waals surface area contributed by atoms with E-state index in [9.17, 15) is 9.90 Å². The van der Waals surface area contributed by atoms with E-state index in [1.54, 1.807) is 0 Å².